The van der Waals surface area contributed by atoms with E-state index in [2.05, 4.69) is 11.8 Å². The van der Waals surface area contributed by atoms with Crippen molar-refractivity contribution in [2.24, 2.45) is 0 Å². The number of carbonyl (C=O) groups excluding carboxylic acids is 2. The Morgan fingerprint density at radius 1 is 1.06 bits per heavy atom. The molecule has 2 aromatic carbocycles. The molecular formula is C25H30Cl2N4O4S. The number of fused-ring (bicyclic) bond motifs is 2. The van der Waals surface area contributed by atoms with Crippen molar-refractivity contribution in [3.05, 3.63) is 53.3 Å². The maximum absolute atomic E-state index is 12.9. The summed E-state index contributed by atoms with van der Waals surface area (Å²) in [5.41, 5.74) is 0.409. The maximum Gasteiger partial charge on any atom is 0.273 e. The van der Waals surface area contributed by atoms with Crippen LogP contribution in [0.25, 0.3) is 10.8 Å². The summed E-state index contributed by atoms with van der Waals surface area (Å²) >= 11 is 6.01. The average Bonchev–Trinajstić information content (AvgIpc) is 3.34. The van der Waals surface area contributed by atoms with Crippen LogP contribution in [-0.2, 0) is 19.4 Å². The molecular weight excluding hydrogens is 523 g/mol. The molecule has 0 aliphatic carbocycles. The summed E-state index contributed by atoms with van der Waals surface area (Å²) in [6.45, 7) is 4.37. The summed E-state index contributed by atoms with van der Waals surface area (Å²) in [7, 11) is -1.65. The van der Waals surface area contributed by atoms with Crippen LogP contribution < -0.4 is 0 Å². The number of hydrogen-bond acceptors (Lipinski definition) is 6. The molecule has 0 bridgehead atoms. The van der Waals surface area contributed by atoms with Gasteiger partial charge in [0.2, 0.25) is 5.91 Å². The van der Waals surface area contributed by atoms with E-state index in [1.807, 2.05) is 23.0 Å². The predicted molar refractivity (Wildman–Crippen MR) is 141 cm³/mol. The lowest BCUT2D eigenvalue weighted by Crippen LogP contribution is -2.55. The van der Waals surface area contributed by atoms with Crippen molar-refractivity contribution in [2.45, 2.75) is 36.6 Å². The summed E-state index contributed by atoms with van der Waals surface area (Å²) in [5.74, 6) is -0.360. The molecule has 3 aliphatic heterocycles. The van der Waals surface area contributed by atoms with Crippen LogP contribution in [0.2, 0.25) is 5.02 Å². The van der Waals surface area contributed by atoms with E-state index in [-0.39, 0.29) is 46.8 Å². The molecule has 0 aromatic heterocycles. The lowest BCUT2D eigenvalue weighted by molar-refractivity contribution is -0.136. The molecule has 5 rings (SSSR count). The molecule has 2 saturated heterocycles. The lowest BCUT2D eigenvalue weighted by atomic mass is 9.87. The first kappa shape index (κ1) is 26.6. The van der Waals surface area contributed by atoms with Gasteiger partial charge in [-0.25, -0.2) is 8.42 Å². The molecule has 0 unspecified atom stereocenters. The molecule has 0 atom stereocenters. The molecule has 11 heteroatoms. The zero-order chi connectivity index (χ0) is 25.0. The van der Waals surface area contributed by atoms with Gasteiger partial charge < -0.3 is 19.6 Å². The van der Waals surface area contributed by atoms with Crippen molar-refractivity contribution >= 4 is 56.4 Å². The number of likely N-dealkylation sites (tertiary alicyclic amines) is 1. The van der Waals surface area contributed by atoms with Gasteiger partial charge in [-0.05, 0) is 54.8 Å². The van der Waals surface area contributed by atoms with Crippen LogP contribution in [-0.4, -0.2) is 84.6 Å². The van der Waals surface area contributed by atoms with Crippen LogP contribution in [0.15, 0.2) is 53.2 Å². The minimum atomic E-state index is -3.60. The predicted octanol–water partition coefficient (Wildman–Crippen LogP) is 3.31. The zero-order valence-electron chi connectivity index (χ0n) is 20.3. The highest BCUT2D eigenvalue weighted by molar-refractivity contribution is 7.91. The van der Waals surface area contributed by atoms with Crippen LogP contribution in [0.1, 0.15) is 26.2 Å². The van der Waals surface area contributed by atoms with E-state index in [0.29, 0.717) is 44.3 Å². The van der Waals surface area contributed by atoms with Crippen molar-refractivity contribution in [2.75, 3.05) is 39.2 Å². The first-order valence-electron chi connectivity index (χ1n) is 11.7. The highest BCUT2D eigenvalue weighted by Gasteiger charge is 2.46. The Morgan fingerprint density at radius 2 is 1.72 bits per heavy atom. The maximum atomic E-state index is 12.9. The quantitative estimate of drug-likeness (QED) is 0.566. The highest BCUT2D eigenvalue weighted by atomic mass is 35.5. The largest absolute Gasteiger partial charge is 0.361 e. The van der Waals surface area contributed by atoms with E-state index < -0.39 is 9.84 Å². The topological polar surface area (TPSA) is 81.2 Å². The second-order valence-electron chi connectivity index (χ2n) is 9.93. The Morgan fingerprint density at radius 3 is 2.42 bits per heavy atom. The monoisotopic (exact) mass is 552 g/mol. The Hall–Kier alpha value is -2.49. The third-order valence-corrected chi connectivity index (χ3v) is 9.36. The van der Waals surface area contributed by atoms with Gasteiger partial charge in [0.1, 0.15) is 5.70 Å². The Bertz CT molecular complexity index is 1340. The second kappa shape index (κ2) is 9.76. The van der Waals surface area contributed by atoms with Gasteiger partial charge in [-0.15, -0.1) is 12.4 Å². The minimum Gasteiger partial charge on any atom is -0.361 e. The molecule has 8 nitrogen and oxygen atoms in total. The Labute approximate surface area is 222 Å². The van der Waals surface area contributed by atoms with E-state index >= 15 is 0 Å². The molecule has 0 saturated carbocycles. The number of hydrogen-bond donors (Lipinski definition) is 0. The number of sulfone groups is 1. The van der Waals surface area contributed by atoms with E-state index in [1.54, 1.807) is 41.3 Å². The Balaban J connectivity index is 0.00000304. The molecule has 2 aromatic rings. The van der Waals surface area contributed by atoms with E-state index in [4.69, 9.17) is 11.6 Å². The van der Waals surface area contributed by atoms with E-state index in [9.17, 15) is 18.0 Å². The number of carbonyl (C=O) groups is 2. The number of rotatable bonds is 5. The van der Waals surface area contributed by atoms with Crippen molar-refractivity contribution in [3.63, 3.8) is 0 Å². The number of nitrogens with zero attached hydrogens (tertiary/aromatic N) is 4. The molecule has 3 heterocycles. The number of amides is 2. The van der Waals surface area contributed by atoms with Gasteiger partial charge in [-0.2, -0.15) is 0 Å². The third kappa shape index (κ3) is 4.88. The molecule has 0 radical (unpaired) electrons. The molecule has 2 amide bonds. The van der Waals surface area contributed by atoms with Crippen molar-refractivity contribution in [1.29, 1.82) is 0 Å². The summed E-state index contributed by atoms with van der Waals surface area (Å²) in [6.07, 6.45) is 3.16. The number of benzene rings is 2. The summed E-state index contributed by atoms with van der Waals surface area (Å²) < 4.78 is 25.8. The second-order valence-corrected chi connectivity index (χ2v) is 12.5. The molecule has 2 fully saturated rings. The first-order valence-corrected chi connectivity index (χ1v) is 13.8. The van der Waals surface area contributed by atoms with E-state index in [1.165, 1.54) is 0 Å². The molecule has 0 spiro atoms. The Kier molecular flexibility index (Phi) is 7.20. The first-order chi connectivity index (χ1) is 16.6. The van der Waals surface area contributed by atoms with Crippen LogP contribution in [0.3, 0.4) is 0 Å². The van der Waals surface area contributed by atoms with Crippen LogP contribution in [0.5, 0.6) is 0 Å². The fraction of sp³-hybridized carbons (Fsp3) is 0.440. The SMILES string of the molecule is CN1C=C2C(=O)N(C3(C)CCN(C(=O)CCS(=O)(=O)c4ccc5cc(Cl)ccc5c4)CC3)CN2C1.Cl. The van der Waals surface area contributed by atoms with Crippen LogP contribution >= 0.6 is 24.0 Å². The standard InChI is InChI=1S/C25H29ClN4O4S.ClH/c1-25(30-17-29-16-27(2)15-22(29)24(30)32)8-10-28(11-9-25)23(31)7-12-35(33,34)21-6-4-18-13-20(26)5-3-19(18)14-21;/h3-6,13-15H,7-12,16-17H2,1-2H3;1H. The van der Waals surface area contributed by atoms with Gasteiger partial charge in [0.25, 0.3) is 5.91 Å². The van der Waals surface area contributed by atoms with Gasteiger partial charge in [0, 0.05) is 43.3 Å². The summed E-state index contributed by atoms with van der Waals surface area (Å²) in [4.78, 5) is 33.7. The van der Waals surface area contributed by atoms with Crippen LogP contribution in [0, 0.1) is 0 Å². The van der Waals surface area contributed by atoms with Crippen molar-refractivity contribution < 1.29 is 18.0 Å². The van der Waals surface area contributed by atoms with Crippen molar-refractivity contribution in [3.8, 4) is 0 Å². The third-order valence-electron chi connectivity index (χ3n) is 7.42. The lowest BCUT2D eigenvalue weighted by Gasteiger charge is -2.45. The van der Waals surface area contributed by atoms with Gasteiger partial charge in [-0.3, -0.25) is 9.59 Å². The van der Waals surface area contributed by atoms with E-state index in [0.717, 1.165) is 16.5 Å². The molecule has 36 heavy (non-hydrogen) atoms. The average molecular weight is 554 g/mol. The summed E-state index contributed by atoms with van der Waals surface area (Å²) in [6, 6.07) is 10.2. The normalized spacial score (nSPS) is 19.4. The molecule has 3 aliphatic rings. The van der Waals surface area contributed by atoms with Gasteiger partial charge in [0.05, 0.1) is 24.0 Å². The van der Waals surface area contributed by atoms with Gasteiger partial charge in [0.15, 0.2) is 9.84 Å². The van der Waals surface area contributed by atoms with Crippen molar-refractivity contribution in [1.82, 2.24) is 19.6 Å². The fourth-order valence-electron chi connectivity index (χ4n) is 5.17. The van der Waals surface area contributed by atoms with Gasteiger partial charge in [-0.1, -0.05) is 23.7 Å². The smallest absolute Gasteiger partial charge is 0.273 e. The van der Waals surface area contributed by atoms with Crippen LogP contribution in [0.4, 0.5) is 0 Å². The number of halogens is 2. The van der Waals surface area contributed by atoms with Gasteiger partial charge >= 0.3 is 0 Å². The molecule has 0 N–H and O–H groups in total. The minimum absolute atomic E-state index is 0. The summed E-state index contributed by atoms with van der Waals surface area (Å²) in [5, 5.41) is 2.25. The fourth-order valence-corrected chi connectivity index (χ4v) is 6.61. The zero-order valence-corrected chi connectivity index (χ0v) is 22.7. The number of piperidine rings is 1. The highest BCUT2D eigenvalue weighted by Crippen LogP contribution is 2.36. The molecule has 194 valence electrons.